The van der Waals surface area contributed by atoms with Crippen molar-refractivity contribution in [2.45, 2.75) is 97.7 Å². The van der Waals surface area contributed by atoms with Gasteiger partial charge in [0.1, 0.15) is 22.8 Å². The number of hydrogen-bond donors (Lipinski definition) is 5. The number of ketones is 3. The topological polar surface area (TPSA) is 152 Å². The zero-order valence-corrected chi connectivity index (χ0v) is 25.6. The van der Waals surface area contributed by atoms with Gasteiger partial charge in [0.2, 0.25) is 5.78 Å². The number of phenolic OH excluding ortho intramolecular Hbond substituents is 1. The average molecular weight is 579 g/mol. The van der Waals surface area contributed by atoms with Crippen LogP contribution in [0.3, 0.4) is 0 Å². The molecule has 0 aromatic heterocycles. The van der Waals surface area contributed by atoms with Crippen molar-refractivity contribution in [1.29, 1.82) is 0 Å². The van der Waals surface area contributed by atoms with Gasteiger partial charge in [-0.1, -0.05) is 60.6 Å². The van der Waals surface area contributed by atoms with Crippen LogP contribution in [-0.4, -0.2) is 54.6 Å². The second-order valence-corrected chi connectivity index (χ2v) is 13.7. The summed E-state index contributed by atoms with van der Waals surface area (Å²) >= 11 is 0. The largest absolute Gasteiger partial charge is 0.508 e. The summed E-state index contributed by atoms with van der Waals surface area (Å²) in [5.41, 5.74) is -7.03. The number of aliphatic hydroxyl groups is 4. The average Bonchev–Trinajstić information content (AvgIpc) is 2.88. The van der Waals surface area contributed by atoms with Gasteiger partial charge in [-0.3, -0.25) is 14.4 Å². The molecule has 0 bridgehead atoms. The number of Topliss-reactive ketones (excluding diaryl/α,β-unsaturated/α-hetero) is 3. The van der Waals surface area contributed by atoms with Crippen LogP contribution < -0.4 is 0 Å². The van der Waals surface area contributed by atoms with Gasteiger partial charge in [0, 0.05) is 28.7 Å². The normalized spacial score (nSPS) is 32.9. The Morgan fingerprint density at radius 1 is 1.14 bits per heavy atom. The number of terminal acetylenes is 1. The summed E-state index contributed by atoms with van der Waals surface area (Å²) in [5.74, 6) is -4.54. The molecule has 0 amide bonds. The number of unbranched alkanes of at least 4 members (excludes halogenated alkanes) is 1. The van der Waals surface area contributed by atoms with Crippen molar-refractivity contribution in [3.05, 3.63) is 45.7 Å². The highest BCUT2D eigenvalue weighted by molar-refractivity contribution is 6.24. The summed E-state index contributed by atoms with van der Waals surface area (Å²) in [6.07, 6.45) is 5.67. The fraction of sp³-hybridized carbons (Fsp3) is 0.559. The summed E-state index contributed by atoms with van der Waals surface area (Å²) in [6.45, 7) is 13.0. The SMILES string of the molecule is C#CCCCC(C)(C)c1ccc2c(c1O)C(O)=C1C(=O)[C@@]3(O)C(O)=C(C(C)=O)C(=O)C(C(C)C)[C@@]3(C)[C@H](O)[C@@]1(C)[C@@H]2C. The number of carbonyl (C=O) groups excluding carboxylic acids is 3. The molecule has 0 spiro atoms. The predicted octanol–water partition coefficient (Wildman–Crippen LogP) is 4.80. The van der Waals surface area contributed by atoms with Crippen LogP contribution in [0.15, 0.2) is 29.0 Å². The first-order valence-corrected chi connectivity index (χ1v) is 14.5. The molecule has 0 radical (unpaired) electrons. The number of fused-ring (bicyclic) bond motifs is 3. The summed E-state index contributed by atoms with van der Waals surface area (Å²) in [7, 11) is 0. The smallest absolute Gasteiger partial charge is 0.203 e. The number of phenols is 1. The molecule has 3 aliphatic carbocycles. The number of allylic oxidation sites excluding steroid dienone is 1. The van der Waals surface area contributed by atoms with E-state index in [0.717, 1.165) is 6.92 Å². The monoisotopic (exact) mass is 578 g/mol. The van der Waals surface area contributed by atoms with Crippen molar-refractivity contribution < 1.29 is 39.9 Å². The minimum Gasteiger partial charge on any atom is -0.508 e. The van der Waals surface area contributed by atoms with Gasteiger partial charge in [-0.15, -0.1) is 12.3 Å². The number of benzene rings is 1. The summed E-state index contributed by atoms with van der Waals surface area (Å²) in [5, 5.41) is 59.2. The second-order valence-electron chi connectivity index (χ2n) is 13.7. The van der Waals surface area contributed by atoms with Crippen LogP contribution in [-0.2, 0) is 19.8 Å². The lowest BCUT2D eigenvalue weighted by Crippen LogP contribution is -2.75. The highest BCUT2D eigenvalue weighted by Gasteiger charge is 2.77. The van der Waals surface area contributed by atoms with Crippen molar-refractivity contribution >= 4 is 23.1 Å². The van der Waals surface area contributed by atoms with Crippen molar-refractivity contribution in [3.63, 3.8) is 0 Å². The molecule has 5 N–H and O–H groups in total. The van der Waals surface area contributed by atoms with E-state index in [9.17, 15) is 39.9 Å². The Morgan fingerprint density at radius 2 is 1.74 bits per heavy atom. The van der Waals surface area contributed by atoms with E-state index in [1.807, 2.05) is 13.8 Å². The number of aliphatic hydroxyl groups excluding tert-OH is 3. The van der Waals surface area contributed by atoms with Crippen LogP contribution in [0.5, 0.6) is 5.75 Å². The first-order chi connectivity index (χ1) is 19.3. The minimum absolute atomic E-state index is 0.00723. The van der Waals surface area contributed by atoms with Crippen molar-refractivity contribution in [3.8, 4) is 18.1 Å². The molecule has 0 saturated heterocycles. The highest BCUT2D eigenvalue weighted by atomic mass is 16.4. The van der Waals surface area contributed by atoms with Gasteiger partial charge in [0.15, 0.2) is 17.2 Å². The van der Waals surface area contributed by atoms with Gasteiger partial charge >= 0.3 is 0 Å². The molecule has 1 aromatic rings. The third-order valence-electron chi connectivity index (χ3n) is 10.7. The molecule has 8 nitrogen and oxygen atoms in total. The lowest BCUT2D eigenvalue weighted by Gasteiger charge is -2.63. The van der Waals surface area contributed by atoms with Crippen molar-refractivity contribution in [2.75, 3.05) is 0 Å². The molecule has 4 rings (SSSR count). The Hall–Kier alpha value is -3.41. The van der Waals surface area contributed by atoms with Crippen LogP contribution in [0, 0.1) is 35.0 Å². The molecule has 6 atom stereocenters. The minimum atomic E-state index is -2.90. The van der Waals surface area contributed by atoms with Crippen LogP contribution in [0.2, 0.25) is 0 Å². The zero-order chi connectivity index (χ0) is 31.9. The van der Waals surface area contributed by atoms with E-state index in [1.54, 1.807) is 39.8 Å². The van der Waals surface area contributed by atoms with E-state index in [2.05, 4.69) is 5.92 Å². The van der Waals surface area contributed by atoms with E-state index in [1.165, 1.54) is 6.92 Å². The molecule has 0 aliphatic heterocycles. The molecule has 3 aliphatic rings. The third kappa shape index (κ3) is 3.66. The quantitative estimate of drug-likeness (QED) is 0.183. The van der Waals surface area contributed by atoms with E-state index >= 15 is 0 Å². The molecule has 1 unspecified atom stereocenters. The van der Waals surface area contributed by atoms with E-state index < -0.39 is 80.1 Å². The van der Waals surface area contributed by atoms with Gasteiger partial charge in [-0.05, 0) is 42.6 Å². The Kier molecular flexibility index (Phi) is 7.37. The van der Waals surface area contributed by atoms with Crippen LogP contribution in [0.1, 0.15) is 97.3 Å². The second kappa shape index (κ2) is 9.82. The molecule has 0 heterocycles. The van der Waals surface area contributed by atoms with E-state index in [4.69, 9.17) is 6.42 Å². The van der Waals surface area contributed by atoms with Crippen LogP contribution in [0.25, 0.3) is 5.76 Å². The number of rotatable bonds is 6. The molecule has 8 heteroatoms. The fourth-order valence-electron chi connectivity index (χ4n) is 8.24. The predicted molar refractivity (Wildman–Crippen MR) is 158 cm³/mol. The Balaban J connectivity index is 2.07. The summed E-state index contributed by atoms with van der Waals surface area (Å²) in [4.78, 5) is 40.8. The summed E-state index contributed by atoms with van der Waals surface area (Å²) < 4.78 is 0. The lowest BCUT2D eigenvalue weighted by atomic mass is 9.40. The van der Waals surface area contributed by atoms with Crippen LogP contribution in [0.4, 0.5) is 0 Å². The molecule has 1 saturated carbocycles. The Labute approximate surface area is 247 Å². The van der Waals surface area contributed by atoms with Gasteiger partial charge in [-0.2, -0.15) is 0 Å². The molecule has 226 valence electrons. The molecular formula is C34H42O8. The van der Waals surface area contributed by atoms with E-state index in [0.29, 0.717) is 30.4 Å². The summed E-state index contributed by atoms with van der Waals surface area (Å²) in [6, 6.07) is 3.53. The molecular weight excluding hydrogens is 536 g/mol. The first-order valence-electron chi connectivity index (χ1n) is 14.5. The molecule has 42 heavy (non-hydrogen) atoms. The maximum Gasteiger partial charge on any atom is 0.203 e. The first kappa shape index (κ1) is 31.5. The molecule has 1 fully saturated rings. The van der Waals surface area contributed by atoms with Crippen molar-refractivity contribution in [1.82, 2.24) is 0 Å². The maximum absolute atomic E-state index is 14.6. The highest BCUT2D eigenvalue weighted by Crippen LogP contribution is 2.67. The maximum atomic E-state index is 14.6. The number of carbonyl (C=O) groups is 3. The van der Waals surface area contributed by atoms with E-state index in [-0.39, 0.29) is 16.9 Å². The zero-order valence-electron chi connectivity index (χ0n) is 25.6. The Bertz CT molecular complexity index is 1500. The Morgan fingerprint density at radius 3 is 2.26 bits per heavy atom. The standard InChI is InChI=1S/C34H42O8/c1-10-11-12-15-31(6,7)20-14-13-19-17(4)32(8)24(27(38)22(19)25(20)36)29(40)34(42)28(39)21(18(5)35)26(37)23(16(2)3)33(34,9)30(32)41/h1,13-14,16-17,23,30,36,38-39,41-42H,11-12,15H2,2-9H3/t17-,23?,30-,32+,33+,34+/m1/s1. The van der Waals surface area contributed by atoms with Gasteiger partial charge in [-0.25, -0.2) is 0 Å². The number of aromatic hydroxyl groups is 1. The van der Waals surface area contributed by atoms with Crippen molar-refractivity contribution in [2.24, 2.45) is 22.7 Å². The fourth-order valence-corrected chi connectivity index (χ4v) is 8.24. The lowest BCUT2D eigenvalue weighted by molar-refractivity contribution is -0.215. The van der Waals surface area contributed by atoms with Gasteiger partial charge in [0.05, 0.1) is 17.2 Å². The number of hydrogen-bond acceptors (Lipinski definition) is 8. The third-order valence-corrected chi connectivity index (χ3v) is 10.7. The molecule has 1 aromatic carbocycles. The van der Waals surface area contributed by atoms with Gasteiger partial charge < -0.3 is 25.5 Å². The van der Waals surface area contributed by atoms with Gasteiger partial charge in [0.25, 0.3) is 0 Å². The van der Waals surface area contributed by atoms with Crippen LogP contribution >= 0.6 is 0 Å².